The Balaban J connectivity index is 1.83. The van der Waals surface area contributed by atoms with E-state index in [-0.39, 0.29) is 19.1 Å². The summed E-state index contributed by atoms with van der Waals surface area (Å²) >= 11 is 0. The number of nitrogens with one attached hydrogen (secondary N) is 1. The molecule has 0 fully saturated rings. The van der Waals surface area contributed by atoms with Crippen LogP contribution in [0.2, 0.25) is 0 Å². The molecule has 25 heavy (non-hydrogen) atoms. The van der Waals surface area contributed by atoms with Crippen molar-refractivity contribution in [1.82, 2.24) is 5.32 Å². The van der Waals surface area contributed by atoms with Crippen LogP contribution in [0.4, 0.5) is 0 Å². The number of esters is 1. The molecule has 1 heterocycles. The van der Waals surface area contributed by atoms with Gasteiger partial charge in [-0.3, -0.25) is 9.59 Å². The number of methoxy groups -OCH3 is 1. The summed E-state index contributed by atoms with van der Waals surface area (Å²) < 4.78 is 15.4. The molecule has 0 radical (unpaired) electrons. The van der Waals surface area contributed by atoms with E-state index in [9.17, 15) is 9.59 Å². The summed E-state index contributed by atoms with van der Waals surface area (Å²) in [6, 6.07) is 12.0. The number of carbonyl (C=O) groups excluding carboxylic acids is 2. The third-order valence-corrected chi connectivity index (χ3v) is 4.02. The monoisotopic (exact) mass is 341 g/mol. The van der Waals surface area contributed by atoms with Gasteiger partial charge in [0.25, 0.3) is 5.91 Å². The molecule has 1 unspecified atom stereocenters. The van der Waals surface area contributed by atoms with Crippen molar-refractivity contribution in [3.05, 3.63) is 59.2 Å². The summed E-state index contributed by atoms with van der Waals surface area (Å²) in [4.78, 5) is 24.3. The van der Waals surface area contributed by atoms with Crippen LogP contribution in [0.3, 0.4) is 0 Å². The quantitative estimate of drug-likeness (QED) is 0.847. The molecule has 2 aromatic rings. The number of benzene rings is 2. The van der Waals surface area contributed by atoms with Crippen LogP contribution < -0.4 is 14.8 Å². The Morgan fingerprint density at radius 1 is 1.12 bits per heavy atom. The van der Waals surface area contributed by atoms with Crippen LogP contribution in [0, 0.1) is 6.92 Å². The highest BCUT2D eigenvalue weighted by atomic mass is 16.7. The van der Waals surface area contributed by atoms with E-state index in [2.05, 4.69) is 5.32 Å². The Kier molecular flexibility index (Phi) is 4.88. The minimum absolute atomic E-state index is 0.0216. The molecule has 0 bridgehead atoms. The number of hydrogen-bond acceptors (Lipinski definition) is 5. The van der Waals surface area contributed by atoms with Gasteiger partial charge in [0, 0.05) is 5.56 Å². The Morgan fingerprint density at radius 2 is 1.84 bits per heavy atom. The number of rotatable bonds is 5. The van der Waals surface area contributed by atoms with Crippen LogP contribution in [-0.2, 0) is 9.53 Å². The lowest BCUT2D eigenvalue weighted by Gasteiger charge is -2.19. The molecule has 6 heteroatoms. The summed E-state index contributed by atoms with van der Waals surface area (Å²) in [5, 5.41) is 2.89. The van der Waals surface area contributed by atoms with Gasteiger partial charge in [-0.1, -0.05) is 23.8 Å². The molecule has 0 spiro atoms. The maximum atomic E-state index is 12.5. The van der Waals surface area contributed by atoms with E-state index in [4.69, 9.17) is 14.2 Å². The van der Waals surface area contributed by atoms with Gasteiger partial charge in [-0.05, 0) is 36.8 Å². The van der Waals surface area contributed by atoms with E-state index in [1.54, 1.807) is 30.3 Å². The van der Waals surface area contributed by atoms with Crippen LogP contribution in [-0.4, -0.2) is 25.8 Å². The fraction of sp³-hybridized carbons (Fsp3) is 0.263. The zero-order valence-electron chi connectivity index (χ0n) is 14.1. The largest absolute Gasteiger partial charge is 0.469 e. The number of aryl methyl sites for hydroxylation is 1. The second-order valence-electron chi connectivity index (χ2n) is 5.79. The van der Waals surface area contributed by atoms with Gasteiger partial charge in [-0.25, -0.2) is 0 Å². The average Bonchev–Trinajstić information content (AvgIpc) is 3.09. The molecule has 0 aromatic heterocycles. The molecule has 130 valence electrons. The normalized spacial score (nSPS) is 13.2. The molecule has 1 amide bonds. The van der Waals surface area contributed by atoms with Crippen molar-refractivity contribution in [2.45, 2.75) is 19.4 Å². The first-order valence-electron chi connectivity index (χ1n) is 7.90. The topological polar surface area (TPSA) is 73.9 Å². The van der Waals surface area contributed by atoms with Crippen molar-refractivity contribution in [1.29, 1.82) is 0 Å². The Bertz CT molecular complexity index is 785. The molecular weight excluding hydrogens is 322 g/mol. The van der Waals surface area contributed by atoms with Gasteiger partial charge in [-0.2, -0.15) is 0 Å². The summed E-state index contributed by atoms with van der Waals surface area (Å²) in [5.41, 5.74) is 2.34. The molecule has 3 rings (SSSR count). The molecule has 6 nitrogen and oxygen atoms in total. The average molecular weight is 341 g/mol. The van der Waals surface area contributed by atoms with Crippen LogP contribution in [0.25, 0.3) is 0 Å². The van der Waals surface area contributed by atoms with Gasteiger partial charge in [0.2, 0.25) is 6.79 Å². The Labute approximate surface area is 145 Å². The summed E-state index contributed by atoms with van der Waals surface area (Å²) in [7, 11) is 1.32. The van der Waals surface area contributed by atoms with Crippen LogP contribution in [0.1, 0.15) is 33.9 Å². The minimum Gasteiger partial charge on any atom is -0.469 e. The van der Waals surface area contributed by atoms with E-state index >= 15 is 0 Å². The van der Waals surface area contributed by atoms with Crippen molar-refractivity contribution in [2.24, 2.45) is 0 Å². The predicted molar refractivity (Wildman–Crippen MR) is 90.6 cm³/mol. The molecule has 2 aromatic carbocycles. The lowest BCUT2D eigenvalue weighted by atomic mass is 10.0. The number of carbonyl (C=O) groups is 2. The third-order valence-electron chi connectivity index (χ3n) is 4.02. The highest BCUT2D eigenvalue weighted by Gasteiger charge is 2.22. The molecule has 1 aliphatic rings. The number of hydrogen-bond donors (Lipinski definition) is 1. The number of ether oxygens (including phenoxy) is 3. The number of amides is 1. The third kappa shape index (κ3) is 3.91. The van der Waals surface area contributed by atoms with Crippen LogP contribution >= 0.6 is 0 Å². The van der Waals surface area contributed by atoms with Gasteiger partial charge < -0.3 is 19.5 Å². The van der Waals surface area contributed by atoms with Crippen molar-refractivity contribution in [3.8, 4) is 11.5 Å². The van der Waals surface area contributed by atoms with Gasteiger partial charge in [0.05, 0.1) is 19.6 Å². The summed E-state index contributed by atoms with van der Waals surface area (Å²) in [5.74, 6) is 0.570. The second-order valence-corrected chi connectivity index (χ2v) is 5.79. The molecule has 1 N–H and O–H groups in total. The summed E-state index contributed by atoms with van der Waals surface area (Å²) in [6.07, 6.45) is 0.0216. The van der Waals surface area contributed by atoms with Crippen LogP contribution in [0.5, 0.6) is 11.5 Å². The van der Waals surface area contributed by atoms with E-state index in [0.717, 1.165) is 11.1 Å². The molecular formula is C19H19NO5. The molecule has 0 saturated carbocycles. The van der Waals surface area contributed by atoms with Gasteiger partial charge >= 0.3 is 5.97 Å². The SMILES string of the molecule is COC(=O)CC(NC(=O)c1ccc(C)cc1)c1ccc2c(c1)OCO2. The van der Waals surface area contributed by atoms with E-state index < -0.39 is 12.0 Å². The van der Waals surface area contributed by atoms with E-state index in [0.29, 0.717) is 17.1 Å². The second kappa shape index (κ2) is 7.25. The predicted octanol–water partition coefficient (Wildman–Crippen LogP) is 2.76. The zero-order chi connectivity index (χ0) is 17.8. The highest BCUT2D eigenvalue weighted by molar-refractivity contribution is 5.94. The maximum absolute atomic E-state index is 12.5. The molecule has 1 atom stereocenters. The maximum Gasteiger partial charge on any atom is 0.307 e. The van der Waals surface area contributed by atoms with E-state index in [1.165, 1.54) is 7.11 Å². The van der Waals surface area contributed by atoms with Crippen molar-refractivity contribution in [2.75, 3.05) is 13.9 Å². The molecule has 0 aliphatic carbocycles. The Hall–Kier alpha value is -3.02. The molecule has 0 saturated heterocycles. The van der Waals surface area contributed by atoms with Crippen molar-refractivity contribution >= 4 is 11.9 Å². The smallest absolute Gasteiger partial charge is 0.307 e. The summed E-state index contributed by atoms with van der Waals surface area (Å²) in [6.45, 7) is 2.12. The van der Waals surface area contributed by atoms with Gasteiger partial charge in [0.1, 0.15) is 0 Å². The lowest BCUT2D eigenvalue weighted by molar-refractivity contribution is -0.141. The van der Waals surface area contributed by atoms with Gasteiger partial charge in [-0.15, -0.1) is 0 Å². The van der Waals surface area contributed by atoms with Crippen molar-refractivity contribution in [3.63, 3.8) is 0 Å². The van der Waals surface area contributed by atoms with Crippen LogP contribution in [0.15, 0.2) is 42.5 Å². The first-order valence-corrected chi connectivity index (χ1v) is 7.90. The first-order chi connectivity index (χ1) is 12.1. The fourth-order valence-corrected chi connectivity index (χ4v) is 2.58. The molecule has 1 aliphatic heterocycles. The Morgan fingerprint density at radius 3 is 2.56 bits per heavy atom. The van der Waals surface area contributed by atoms with Crippen molar-refractivity contribution < 1.29 is 23.8 Å². The first kappa shape index (κ1) is 16.8. The number of fused-ring (bicyclic) bond motifs is 1. The van der Waals surface area contributed by atoms with Gasteiger partial charge in [0.15, 0.2) is 11.5 Å². The fourth-order valence-electron chi connectivity index (χ4n) is 2.58. The van der Waals surface area contributed by atoms with E-state index in [1.807, 2.05) is 19.1 Å². The minimum atomic E-state index is -0.532. The highest BCUT2D eigenvalue weighted by Crippen LogP contribution is 2.35. The zero-order valence-corrected chi connectivity index (χ0v) is 14.1. The standard InChI is InChI=1S/C19H19NO5/c1-12-3-5-13(6-4-12)19(22)20-15(10-18(21)23-2)14-7-8-16-17(9-14)25-11-24-16/h3-9,15H,10-11H2,1-2H3,(H,20,22). The lowest BCUT2D eigenvalue weighted by Crippen LogP contribution is -2.30.